The average molecular weight is 400 g/mol. The molecule has 1 N–H and O–H groups in total. The van der Waals surface area contributed by atoms with E-state index in [2.05, 4.69) is 29.2 Å². The molecule has 0 bridgehead atoms. The summed E-state index contributed by atoms with van der Waals surface area (Å²) in [5.41, 5.74) is 0.882. The van der Waals surface area contributed by atoms with Crippen molar-refractivity contribution in [2.24, 2.45) is 0 Å². The van der Waals surface area contributed by atoms with Crippen LogP contribution in [0.25, 0.3) is 10.9 Å². The van der Waals surface area contributed by atoms with E-state index in [-0.39, 0.29) is 0 Å². The van der Waals surface area contributed by atoms with Crippen LogP contribution in [0.5, 0.6) is 11.5 Å². The highest BCUT2D eigenvalue weighted by Gasteiger charge is 2.24. The molecule has 0 spiro atoms. The first kappa shape index (κ1) is 20.0. The molecule has 0 atom stereocenters. The quantitative estimate of drug-likeness (QED) is 0.797. The largest absolute Gasteiger partial charge is 0.493 e. The fraction of sp³-hybridized carbons (Fsp3) is 0.636. The van der Waals surface area contributed by atoms with Crippen molar-refractivity contribution in [3.8, 4) is 11.5 Å². The number of hydrogen-bond donors (Lipinski definition) is 1. The summed E-state index contributed by atoms with van der Waals surface area (Å²) in [4.78, 5) is 14.5. The molecule has 29 heavy (non-hydrogen) atoms. The molecular weight excluding hydrogens is 366 g/mol. The van der Waals surface area contributed by atoms with Gasteiger partial charge >= 0.3 is 0 Å². The predicted octanol–water partition coefficient (Wildman–Crippen LogP) is 3.53. The number of nitrogens with one attached hydrogen (secondary N) is 1. The van der Waals surface area contributed by atoms with Crippen LogP contribution >= 0.6 is 0 Å². The molecule has 2 fully saturated rings. The third-order valence-electron chi connectivity index (χ3n) is 6.44. The van der Waals surface area contributed by atoms with Crippen molar-refractivity contribution in [3.63, 3.8) is 0 Å². The van der Waals surface area contributed by atoms with Crippen LogP contribution in [0.15, 0.2) is 12.1 Å². The normalized spacial score (nSPS) is 18.9. The van der Waals surface area contributed by atoms with E-state index >= 15 is 0 Å². The SMILES string of the molecule is COc1cc2nc(N(C)C3CCCC3)nc(NC3CCN(C)CC3)c2cc1OC. The van der Waals surface area contributed by atoms with Crippen molar-refractivity contribution >= 4 is 22.7 Å². The lowest BCUT2D eigenvalue weighted by atomic mass is 10.1. The summed E-state index contributed by atoms with van der Waals surface area (Å²) < 4.78 is 11.1. The van der Waals surface area contributed by atoms with Gasteiger partial charge in [-0.25, -0.2) is 4.98 Å². The Morgan fingerprint density at radius 3 is 2.31 bits per heavy atom. The van der Waals surface area contributed by atoms with Gasteiger partial charge in [0, 0.05) is 30.6 Å². The summed E-state index contributed by atoms with van der Waals surface area (Å²) in [5.74, 6) is 3.07. The van der Waals surface area contributed by atoms with Crippen LogP contribution in [0.1, 0.15) is 38.5 Å². The van der Waals surface area contributed by atoms with Gasteiger partial charge in [0.05, 0.1) is 19.7 Å². The number of rotatable bonds is 6. The van der Waals surface area contributed by atoms with Crippen molar-refractivity contribution in [1.82, 2.24) is 14.9 Å². The first-order chi connectivity index (χ1) is 14.1. The second-order valence-corrected chi connectivity index (χ2v) is 8.37. The number of fused-ring (bicyclic) bond motifs is 1. The standard InChI is InChI=1S/C22H33N5O2/c1-26-11-9-15(10-12-26)23-21-17-13-19(28-3)20(29-4)14-18(17)24-22(25-21)27(2)16-7-5-6-8-16/h13-16H,5-12H2,1-4H3,(H,23,24,25). The van der Waals surface area contributed by atoms with Crippen LogP contribution in [0.3, 0.4) is 0 Å². The minimum atomic E-state index is 0.419. The van der Waals surface area contributed by atoms with Gasteiger partial charge in [0.2, 0.25) is 5.95 Å². The number of benzene rings is 1. The maximum Gasteiger partial charge on any atom is 0.227 e. The second-order valence-electron chi connectivity index (χ2n) is 8.37. The van der Waals surface area contributed by atoms with Crippen LogP contribution in [0, 0.1) is 0 Å². The Labute approximate surface area is 173 Å². The van der Waals surface area contributed by atoms with Gasteiger partial charge in [0.15, 0.2) is 11.5 Å². The lowest BCUT2D eigenvalue weighted by Gasteiger charge is -2.31. The van der Waals surface area contributed by atoms with Crippen LogP contribution in [-0.4, -0.2) is 68.4 Å². The Balaban J connectivity index is 1.74. The van der Waals surface area contributed by atoms with E-state index in [1.54, 1.807) is 14.2 Å². The van der Waals surface area contributed by atoms with Gasteiger partial charge in [-0.2, -0.15) is 4.98 Å². The van der Waals surface area contributed by atoms with Crippen molar-refractivity contribution < 1.29 is 9.47 Å². The lowest BCUT2D eigenvalue weighted by molar-refractivity contribution is 0.264. The van der Waals surface area contributed by atoms with E-state index in [1.807, 2.05) is 12.1 Å². The molecule has 1 aliphatic carbocycles. The molecule has 158 valence electrons. The summed E-state index contributed by atoms with van der Waals surface area (Å²) in [6.07, 6.45) is 7.22. The Morgan fingerprint density at radius 2 is 1.66 bits per heavy atom. The molecule has 0 unspecified atom stereocenters. The predicted molar refractivity (Wildman–Crippen MR) is 117 cm³/mol. The molecule has 7 nitrogen and oxygen atoms in total. The van der Waals surface area contributed by atoms with Gasteiger partial charge in [-0.15, -0.1) is 0 Å². The lowest BCUT2D eigenvalue weighted by Crippen LogP contribution is -2.37. The molecule has 1 aromatic carbocycles. The topological polar surface area (TPSA) is 62.8 Å². The van der Waals surface area contributed by atoms with Gasteiger partial charge in [-0.1, -0.05) is 12.8 Å². The number of anilines is 2. The summed E-state index contributed by atoms with van der Waals surface area (Å²) >= 11 is 0. The fourth-order valence-corrected chi connectivity index (χ4v) is 4.51. The van der Waals surface area contributed by atoms with E-state index in [0.717, 1.165) is 48.6 Å². The Morgan fingerprint density at radius 1 is 1.00 bits per heavy atom. The van der Waals surface area contributed by atoms with E-state index in [9.17, 15) is 0 Å². The van der Waals surface area contributed by atoms with E-state index in [0.29, 0.717) is 23.6 Å². The third-order valence-corrected chi connectivity index (χ3v) is 6.44. The number of likely N-dealkylation sites (tertiary alicyclic amines) is 1. The highest BCUT2D eigenvalue weighted by atomic mass is 16.5. The number of piperidine rings is 1. The summed E-state index contributed by atoms with van der Waals surface area (Å²) in [6, 6.07) is 4.89. The van der Waals surface area contributed by atoms with E-state index in [1.165, 1.54) is 25.7 Å². The second kappa shape index (κ2) is 8.61. The van der Waals surface area contributed by atoms with Crippen molar-refractivity contribution in [2.45, 2.75) is 50.6 Å². The van der Waals surface area contributed by atoms with Crippen molar-refractivity contribution in [2.75, 3.05) is 51.6 Å². The first-order valence-electron chi connectivity index (χ1n) is 10.7. The van der Waals surface area contributed by atoms with Gasteiger partial charge in [-0.3, -0.25) is 0 Å². The molecule has 0 radical (unpaired) electrons. The smallest absolute Gasteiger partial charge is 0.227 e. The first-order valence-corrected chi connectivity index (χ1v) is 10.7. The number of ether oxygens (including phenoxy) is 2. The van der Waals surface area contributed by atoms with Crippen molar-refractivity contribution in [1.29, 1.82) is 0 Å². The number of hydrogen-bond acceptors (Lipinski definition) is 7. The zero-order valence-electron chi connectivity index (χ0n) is 18.1. The molecule has 4 rings (SSSR count). The highest BCUT2D eigenvalue weighted by molar-refractivity contribution is 5.93. The van der Waals surface area contributed by atoms with Gasteiger partial charge in [0.1, 0.15) is 5.82 Å². The van der Waals surface area contributed by atoms with Crippen LogP contribution in [0.2, 0.25) is 0 Å². The minimum Gasteiger partial charge on any atom is -0.493 e. The van der Waals surface area contributed by atoms with Crippen molar-refractivity contribution in [3.05, 3.63) is 12.1 Å². The maximum absolute atomic E-state index is 5.54. The average Bonchev–Trinajstić information content (AvgIpc) is 3.28. The molecule has 2 aromatic rings. The van der Waals surface area contributed by atoms with Crippen LogP contribution < -0.4 is 19.7 Å². The number of methoxy groups -OCH3 is 2. The number of nitrogens with zero attached hydrogens (tertiary/aromatic N) is 4. The molecule has 1 saturated carbocycles. The highest BCUT2D eigenvalue weighted by Crippen LogP contribution is 2.36. The molecule has 1 saturated heterocycles. The Kier molecular flexibility index (Phi) is 5.94. The molecule has 2 heterocycles. The van der Waals surface area contributed by atoms with E-state index < -0.39 is 0 Å². The molecule has 0 amide bonds. The maximum atomic E-state index is 5.54. The molecule has 1 aromatic heterocycles. The summed E-state index contributed by atoms with van der Waals surface area (Å²) in [6.45, 7) is 2.21. The third kappa shape index (κ3) is 4.20. The molecular formula is C22H33N5O2. The zero-order valence-corrected chi connectivity index (χ0v) is 18.1. The monoisotopic (exact) mass is 399 g/mol. The number of aromatic nitrogens is 2. The Hall–Kier alpha value is -2.28. The van der Waals surface area contributed by atoms with Gasteiger partial charge in [0.25, 0.3) is 0 Å². The minimum absolute atomic E-state index is 0.419. The zero-order chi connectivity index (χ0) is 20.4. The van der Waals surface area contributed by atoms with Gasteiger partial charge < -0.3 is 24.6 Å². The van der Waals surface area contributed by atoms with Crippen LogP contribution in [-0.2, 0) is 0 Å². The molecule has 2 aliphatic rings. The summed E-state index contributed by atoms with van der Waals surface area (Å²) in [5, 5.41) is 4.70. The van der Waals surface area contributed by atoms with Gasteiger partial charge in [-0.05, 0) is 51.9 Å². The van der Waals surface area contributed by atoms with Crippen LogP contribution in [0.4, 0.5) is 11.8 Å². The van der Waals surface area contributed by atoms with E-state index in [4.69, 9.17) is 19.4 Å². The fourth-order valence-electron chi connectivity index (χ4n) is 4.51. The molecule has 1 aliphatic heterocycles. The molecule has 7 heteroatoms. The Bertz CT molecular complexity index is 845. The summed E-state index contributed by atoms with van der Waals surface area (Å²) in [7, 11) is 7.63.